The van der Waals surface area contributed by atoms with Crippen LogP contribution in [0.1, 0.15) is 74.9 Å². The molecule has 0 atom stereocenters. The van der Waals surface area contributed by atoms with Crippen LogP contribution >= 0.6 is 0 Å². The molecule has 0 radical (unpaired) electrons. The standard InChI is InChI=1S/C24H34Se2/c1-15-11-19(23(5,6)7)12-16(2)21(15)25-26-22-17(3)13-20(14-18(22)4)24(8,9)10/h11-14H,1-10H3. The Labute approximate surface area is 172 Å². The molecule has 0 amide bonds. The monoisotopic (exact) mass is 482 g/mol. The zero-order valence-corrected chi connectivity index (χ0v) is 21.6. The van der Waals surface area contributed by atoms with Gasteiger partial charge < -0.3 is 0 Å². The van der Waals surface area contributed by atoms with Crippen molar-refractivity contribution in [3.8, 4) is 0 Å². The summed E-state index contributed by atoms with van der Waals surface area (Å²) < 4.78 is 3.23. The molecule has 26 heavy (non-hydrogen) atoms. The van der Waals surface area contributed by atoms with Crippen LogP contribution in [0.3, 0.4) is 0 Å². The number of hydrogen-bond donors (Lipinski definition) is 0. The van der Waals surface area contributed by atoms with Gasteiger partial charge in [-0.1, -0.05) is 0 Å². The third-order valence-electron chi connectivity index (χ3n) is 4.86. The predicted octanol–water partition coefficient (Wildman–Crippen LogP) is 4.79. The van der Waals surface area contributed by atoms with Crippen LogP contribution in [0.2, 0.25) is 0 Å². The Bertz CT molecular complexity index is 686. The van der Waals surface area contributed by atoms with Gasteiger partial charge in [0.1, 0.15) is 0 Å². The van der Waals surface area contributed by atoms with Gasteiger partial charge in [0.25, 0.3) is 0 Å². The van der Waals surface area contributed by atoms with E-state index in [1.807, 2.05) is 0 Å². The van der Waals surface area contributed by atoms with E-state index in [4.69, 9.17) is 0 Å². The second kappa shape index (κ2) is 7.84. The van der Waals surface area contributed by atoms with Crippen molar-refractivity contribution in [2.45, 2.75) is 80.1 Å². The molecule has 0 aliphatic heterocycles. The van der Waals surface area contributed by atoms with Crippen LogP contribution in [0.15, 0.2) is 24.3 Å². The van der Waals surface area contributed by atoms with Crippen LogP contribution in [0.4, 0.5) is 0 Å². The summed E-state index contributed by atoms with van der Waals surface area (Å²) in [6.45, 7) is 23.0. The molecule has 0 spiro atoms. The van der Waals surface area contributed by atoms with E-state index < -0.39 is 0 Å². The fourth-order valence-electron chi connectivity index (χ4n) is 3.11. The van der Waals surface area contributed by atoms with Gasteiger partial charge in [-0.15, -0.1) is 0 Å². The summed E-state index contributed by atoms with van der Waals surface area (Å²) in [6, 6.07) is 9.68. The van der Waals surface area contributed by atoms with Crippen molar-refractivity contribution in [1.82, 2.24) is 0 Å². The molecule has 0 nitrogen and oxygen atoms in total. The third-order valence-corrected chi connectivity index (χ3v) is 13.0. The van der Waals surface area contributed by atoms with Gasteiger partial charge in [0.15, 0.2) is 0 Å². The van der Waals surface area contributed by atoms with Crippen molar-refractivity contribution in [3.05, 3.63) is 57.6 Å². The van der Waals surface area contributed by atoms with E-state index in [2.05, 4.69) is 93.5 Å². The summed E-state index contributed by atoms with van der Waals surface area (Å²) >= 11 is 1.08. The van der Waals surface area contributed by atoms with Crippen molar-refractivity contribution in [2.24, 2.45) is 0 Å². The summed E-state index contributed by atoms with van der Waals surface area (Å²) in [7, 11) is 0. The van der Waals surface area contributed by atoms with Crippen molar-refractivity contribution in [1.29, 1.82) is 0 Å². The van der Waals surface area contributed by atoms with Crippen LogP contribution in [0.5, 0.6) is 0 Å². The third kappa shape index (κ3) is 5.05. The first-order valence-corrected chi connectivity index (χ1v) is 15.4. The second-order valence-corrected chi connectivity index (χ2v) is 15.6. The van der Waals surface area contributed by atoms with Crippen LogP contribution in [0, 0.1) is 27.7 Å². The topological polar surface area (TPSA) is 0 Å². The number of hydrogen-bond acceptors (Lipinski definition) is 0. The van der Waals surface area contributed by atoms with Gasteiger partial charge in [-0.05, 0) is 0 Å². The number of rotatable bonds is 3. The average molecular weight is 480 g/mol. The van der Waals surface area contributed by atoms with Crippen molar-refractivity contribution < 1.29 is 0 Å². The zero-order chi connectivity index (χ0) is 19.9. The first-order chi connectivity index (χ1) is 11.8. The van der Waals surface area contributed by atoms with Gasteiger partial charge in [0, 0.05) is 0 Å². The first kappa shape index (κ1) is 21.8. The van der Waals surface area contributed by atoms with Crippen LogP contribution in [-0.2, 0) is 10.8 Å². The Morgan fingerprint density at radius 1 is 0.500 bits per heavy atom. The van der Waals surface area contributed by atoms with E-state index in [1.165, 1.54) is 33.4 Å². The predicted molar refractivity (Wildman–Crippen MR) is 120 cm³/mol. The molecule has 0 aliphatic carbocycles. The van der Waals surface area contributed by atoms with E-state index in [0.29, 0.717) is 26.3 Å². The Morgan fingerprint density at radius 2 is 0.731 bits per heavy atom. The van der Waals surface area contributed by atoms with Gasteiger partial charge in [-0.25, -0.2) is 0 Å². The minimum absolute atomic E-state index is 0.224. The minimum atomic E-state index is 0.224. The van der Waals surface area contributed by atoms with Gasteiger partial charge in [0.05, 0.1) is 0 Å². The molecule has 0 heterocycles. The Balaban J connectivity index is 2.30. The molecular weight excluding hydrogens is 446 g/mol. The fraction of sp³-hybridized carbons (Fsp3) is 0.500. The van der Waals surface area contributed by atoms with E-state index in [9.17, 15) is 0 Å². The molecule has 0 bridgehead atoms. The second-order valence-electron chi connectivity index (χ2n) is 9.54. The number of aryl methyl sites for hydroxylation is 4. The molecule has 0 saturated carbocycles. The molecule has 0 saturated heterocycles. The SMILES string of the molecule is Cc1cc(C(C)(C)C)cc(C)c1[Se][Se]c1c(C)cc(C(C)(C)C)cc1C. The van der Waals surface area contributed by atoms with Gasteiger partial charge in [0.2, 0.25) is 0 Å². The molecule has 142 valence electrons. The van der Waals surface area contributed by atoms with Gasteiger partial charge in [-0.3, -0.25) is 0 Å². The molecule has 2 aromatic rings. The molecule has 0 aliphatic rings. The summed E-state index contributed by atoms with van der Waals surface area (Å²) in [5.41, 5.74) is 9.31. The van der Waals surface area contributed by atoms with Crippen molar-refractivity contribution in [2.75, 3.05) is 0 Å². The van der Waals surface area contributed by atoms with Crippen LogP contribution in [0.25, 0.3) is 0 Å². The van der Waals surface area contributed by atoms with Gasteiger partial charge in [-0.2, -0.15) is 0 Å². The summed E-state index contributed by atoms with van der Waals surface area (Å²) in [5, 5.41) is 0. The van der Waals surface area contributed by atoms with Gasteiger partial charge >= 0.3 is 173 Å². The Kier molecular flexibility index (Phi) is 6.57. The summed E-state index contributed by atoms with van der Waals surface area (Å²) in [5.74, 6) is 0. The quantitative estimate of drug-likeness (QED) is 0.555. The molecule has 2 aromatic carbocycles. The zero-order valence-electron chi connectivity index (χ0n) is 18.1. The van der Waals surface area contributed by atoms with E-state index in [1.54, 1.807) is 8.92 Å². The average Bonchev–Trinajstić information content (AvgIpc) is 2.46. The Morgan fingerprint density at radius 3 is 0.923 bits per heavy atom. The summed E-state index contributed by atoms with van der Waals surface area (Å²) in [6.07, 6.45) is 0. The van der Waals surface area contributed by atoms with Crippen molar-refractivity contribution >= 4 is 35.2 Å². The molecule has 2 heteroatoms. The normalized spacial score (nSPS) is 12.5. The summed E-state index contributed by atoms with van der Waals surface area (Å²) in [4.78, 5) is 0. The van der Waals surface area contributed by atoms with E-state index in [-0.39, 0.29) is 10.8 Å². The van der Waals surface area contributed by atoms with Crippen molar-refractivity contribution in [3.63, 3.8) is 0 Å². The molecule has 0 unspecified atom stereocenters. The van der Waals surface area contributed by atoms with E-state index >= 15 is 0 Å². The van der Waals surface area contributed by atoms with Crippen LogP contribution < -0.4 is 8.92 Å². The van der Waals surface area contributed by atoms with E-state index in [0.717, 1.165) is 0 Å². The molecule has 0 fully saturated rings. The first-order valence-electron chi connectivity index (χ1n) is 9.38. The van der Waals surface area contributed by atoms with Crippen LogP contribution in [-0.4, -0.2) is 26.3 Å². The Hall–Kier alpha value is -0.521. The maximum atomic E-state index is 2.42. The molecule has 2 rings (SSSR count). The number of benzene rings is 2. The maximum absolute atomic E-state index is 2.42. The molecule has 0 N–H and O–H groups in total. The molecule has 0 aromatic heterocycles. The fourth-order valence-corrected chi connectivity index (χ4v) is 12.6. The molecular formula is C24H34Se2.